The first-order valence-electron chi connectivity index (χ1n) is 6.35. The molecule has 5 heteroatoms. The molecule has 19 heavy (non-hydrogen) atoms. The highest BCUT2D eigenvalue weighted by Gasteiger charge is 2.25. The van der Waals surface area contributed by atoms with E-state index in [0.717, 1.165) is 12.1 Å². The Morgan fingerprint density at radius 3 is 2.89 bits per heavy atom. The summed E-state index contributed by atoms with van der Waals surface area (Å²) in [5.41, 5.74) is 7.42. The quantitative estimate of drug-likeness (QED) is 0.922. The first-order chi connectivity index (χ1) is 9.16. The van der Waals surface area contributed by atoms with Gasteiger partial charge in [0.1, 0.15) is 5.82 Å². The number of hydrogen-bond acceptors (Lipinski definition) is 3. The van der Waals surface area contributed by atoms with Crippen molar-refractivity contribution < 1.29 is 8.91 Å². The van der Waals surface area contributed by atoms with Gasteiger partial charge in [-0.2, -0.15) is 0 Å². The number of rotatable bonds is 3. The molecular formula is C14H14ClFN2O. The minimum atomic E-state index is -0.478. The largest absolute Gasteiger partial charge is 0.367 e. The topological polar surface area (TPSA) is 52.0 Å². The number of benzene rings is 1. The van der Waals surface area contributed by atoms with Gasteiger partial charge in [-0.25, -0.2) is 4.39 Å². The van der Waals surface area contributed by atoms with Crippen molar-refractivity contribution in [3.8, 4) is 11.1 Å². The highest BCUT2D eigenvalue weighted by molar-refractivity contribution is 6.31. The highest BCUT2D eigenvalue weighted by Crippen LogP contribution is 2.37. The fraction of sp³-hybridized carbons (Fsp3) is 0.357. The SMILES string of the molecule is Nc1onc(CC2CCC2)c1-c1cccc(Cl)c1F. The van der Waals surface area contributed by atoms with E-state index >= 15 is 0 Å². The molecule has 1 aromatic heterocycles. The lowest BCUT2D eigenvalue weighted by molar-refractivity contribution is 0.306. The van der Waals surface area contributed by atoms with Crippen LogP contribution in [0.25, 0.3) is 11.1 Å². The van der Waals surface area contributed by atoms with Crippen LogP contribution >= 0.6 is 11.6 Å². The predicted molar refractivity (Wildman–Crippen MR) is 72.4 cm³/mol. The van der Waals surface area contributed by atoms with Gasteiger partial charge in [-0.15, -0.1) is 0 Å². The van der Waals surface area contributed by atoms with Gasteiger partial charge in [-0.3, -0.25) is 0 Å². The van der Waals surface area contributed by atoms with Crippen molar-refractivity contribution >= 4 is 17.5 Å². The summed E-state index contributed by atoms with van der Waals surface area (Å²) < 4.78 is 19.1. The summed E-state index contributed by atoms with van der Waals surface area (Å²) in [6.07, 6.45) is 4.40. The molecule has 1 fully saturated rings. The average Bonchev–Trinajstić information content (AvgIpc) is 2.69. The van der Waals surface area contributed by atoms with Crippen molar-refractivity contribution in [3.05, 3.63) is 34.7 Å². The van der Waals surface area contributed by atoms with E-state index in [-0.39, 0.29) is 10.9 Å². The molecule has 2 N–H and O–H groups in total. The molecular weight excluding hydrogens is 267 g/mol. The molecule has 1 aromatic carbocycles. The first kappa shape index (κ1) is 12.5. The molecule has 0 aliphatic heterocycles. The number of nitrogens with zero attached hydrogens (tertiary/aromatic N) is 1. The number of nitrogens with two attached hydrogens (primary N) is 1. The Morgan fingerprint density at radius 1 is 1.42 bits per heavy atom. The first-order valence-corrected chi connectivity index (χ1v) is 6.73. The summed E-state index contributed by atoms with van der Waals surface area (Å²) in [5.74, 6) is 0.273. The van der Waals surface area contributed by atoms with Crippen LogP contribution in [0.5, 0.6) is 0 Å². The van der Waals surface area contributed by atoms with Crippen LogP contribution in [0.3, 0.4) is 0 Å². The molecule has 3 rings (SSSR count). The van der Waals surface area contributed by atoms with E-state index in [1.54, 1.807) is 12.1 Å². The van der Waals surface area contributed by atoms with Gasteiger partial charge >= 0.3 is 0 Å². The molecule has 1 aliphatic rings. The second kappa shape index (κ2) is 4.85. The van der Waals surface area contributed by atoms with Crippen molar-refractivity contribution in [3.63, 3.8) is 0 Å². The Morgan fingerprint density at radius 2 is 2.21 bits per heavy atom. The van der Waals surface area contributed by atoms with E-state index in [0.29, 0.717) is 17.0 Å². The second-order valence-corrected chi connectivity index (χ2v) is 5.38. The van der Waals surface area contributed by atoms with Crippen LogP contribution in [0.4, 0.5) is 10.3 Å². The smallest absolute Gasteiger partial charge is 0.230 e. The molecule has 0 unspecified atom stereocenters. The van der Waals surface area contributed by atoms with E-state index in [9.17, 15) is 4.39 Å². The molecule has 0 atom stereocenters. The lowest BCUT2D eigenvalue weighted by atomic mass is 9.81. The minimum absolute atomic E-state index is 0.0766. The van der Waals surface area contributed by atoms with Gasteiger partial charge in [0, 0.05) is 5.56 Å². The van der Waals surface area contributed by atoms with Gasteiger partial charge in [0.15, 0.2) is 0 Å². The van der Waals surface area contributed by atoms with E-state index in [1.165, 1.54) is 25.3 Å². The summed E-state index contributed by atoms with van der Waals surface area (Å²) in [5, 5.41) is 4.05. The van der Waals surface area contributed by atoms with Crippen molar-refractivity contribution in [2.45, 2.75) is 25.7 Å². The van der Waals surface area contributed by atoms with Crippen molar-refractivity contribution in [2.24, 2.45) is 5.92 Å². The number of nitrogen functional groups attached to an aromatic ring is 1. The van der Waals surface area contributed by atoms with Crippen molar-refractivity contribution in [1.29, 1.82) is 0 Å². The second-order valence-electron chi connectivity index (χ2n) is 4.97. The van der Waals surface area contributed by atoms with Gasteiger partial charge in [0.2, 0.25) is 5.88 Å². The van der Waals surface area contributed by atoms with Crippen LogP contribution in [-0.4, -0.2) is 5.16 Å². The van der Waals surface area contributed by atoms with E-state index in [4.69, 9.17) is 21.9 Å². The van der Waals surface area contributed by atoms with Crippen molar-refractivity contribution in [2.75, 3.05) is 5.73 Å². The lowest BCUT2D eigenvalue weighted by Crippen LogP contribution is -2.14. The fourth-order valence-electron chi connectivity index (χ4n) is 2.43. The molecule has 0 saturated heterocycles. The van der Waals surface area contributed by atoms with Gasteiger partial charge in [0.05, 0.1) is 16.3 Å². The van der Waals surface area contributed by atoms with Crippen LogP contribution in [0.1, 0.15) is 25.0 Å². The molecule has 3 nitrogen and oxygen atoms in total. The fourth-order valence-corrected chi connectivity index (χ4v) is 2.61. The van der Waals surface area contributed by atoms with E-state index in [1.807, 2.05) is 0 Å². The van der Waals surface area contributed by atoms with Gasteiger partial charge in [-0.05, 0) is 18.4 Å². The molecule has 2 aromatic rings. The van der Waals surface area contributed by atoms with Crippen LogP contribution in [0.15, 0.2) is 22.7 Å². The maximum Gasteiger partial charge on any atom is 0.230 e. The average molecular weight is 281 g/mol. The Hall–Kier alpha value is -1.55. The van der Waals surface area contributed by atoms with Crippen molar-refractivity contribution in [1.82, 2.24) is 5.16 Å². The number of hydrogen-bond donors (Lipinski definition) is 1. The molecule has 0 amide bonds. The van der Waals surface area contributed by atoms with Gasteiger partial charge in [0.25, 0.3) is 0 Å². The van der Waals surface area contributed by atoms with Gasteiger partial charge < -0.3 is 10.3 Å². The maximum atomic E-state index is 14.1. The molecule has 0 bridgehead atoms. The number of aromatic nitrogens is 1. The Balaban J connectivity index is 2.03. The predicted octanol–water partition coefficient (Wildman–Crippen LogP) is 4.06. The van der Waals surface area contributed by atoms with Crippen LogP contribution in [0.2, 0.25) is 5.02 Å². The van der Waals surface area contributed by atoms with E-state index < -0.39 is 5.82 Å². The van der Waals surface area contributed by atoms with Crippen LogP contribution in [0, 0.1) is 11.7 Å². The zero-order valence-electron chi connectivity index (χ0n) is 10.3. The lowest BCUT2D eigenvalue weighted by Gasteiger charge is -2.24. The number of anilines is 1. The molecule has 1 heterocycles. The summed E-state index contributed by atoms with van der Waals surface area (Å²) in [7, 11) is 0. The standard InChI is InChI=1S/C14H14ClFN2O/c15-10-6-2-5-9(13(10)16)12-11(18-19-14(12)17)7-8-3-1-4-8/h2,5-6,8H,1,3-4,7,17H2. The zero-order valence-corrected chi connectivity index (χ0v) is 11.1. The Kier molecular flexibility index (Phi) is 3.19. The minimum Gasteiger partial charge on any atom is -0.367 e. The molecule has 100 valence electrons. The summed E-state index contributed by atoms with van der Waals surface area (Å²) >= 11 is 5.81. The maximum absolute atomic E-state index is 14.1. The van der Waals surface area contributed by atoms with Crippen LogP contribution < -0.4 is 5.73 Å². The summed E-state index contributed by atoms with van der Waals surface area (Å²) in [6.45, 7) is 0. The summed E-state index contributed by atoms with van der Waals surface area (Å²) in [6, 6.07) is 4.85. The third-order valence-electron chi connectivity index (χ3n) is 3.72. The Labute approximate surface area is 115 Å². The third kappa shape index (κ3) is 2.21. The molecule has 1 aliphatic carbocycles. The summed E-state index contributed by atoms with van der Waals surface area (Å²) in [4.78, 5) is 0. The third-order valence-corrected chi connectivity index (χ3v) is 4.01. The molecule has 0 spiro atoms. The number of halogens is 2. The monoisotopic (exact) mass is 280 g/mol. The van der Waals surface area contributed by atoms with E-state index in [2.05, 4.69) is 5.16 Å². The van der Waals surface area contributed by atoms with Crippen LogP contribution in [-0.2, 0) is 6.42 Å². The highest BCUT2D eigenvalue weighted by atomic mass is 35.5. The molecule has 1 saturated carbocycles. The Bertz CT molecular complexity index is 607. The zero-order chi connectivity index (χ0) is 13.4. The molecule has 0 radical (unpaired) electrons. The van der Waals surface area contributed by atoms with Gasteiger partial charge in [-0.1, -0.05) is 48.2 Å². The normalized spacial score (nSPS) is 15.5.